The first-order valence-corrected chi connectivity index (χ1v) is 8.74. The van der Waals surface area contributed by atoms with Crippen molar-refractivity contribution in [3.8, 4) is 11.5 Å². The molecule has 0 spiro atoms. The largest absolute Gasteiger partial charge is 0.469 e. The lowest BCUT2D eigenvalue weighted by Gasteiger charge is -2.10. The molecule has 1 amide bonds. The summed E-state index contributed by atoms with van der Waals surface area (Å²) in [5, 5.41) is 10.9. The van der Waals surface area contributed by atoms with E-state index in [0.29, 0.717) is 22.2 Å². The van der Waals surface area contributed by atoms with Gasteiger partial charge in [0.15, 0.2) is 5.82 Å². The minimum absolute atomic E-state index is 0.240. The quantitative estimate of drug-likeness (QED) is 0.633. The normalized spacial score (nSPS) is 12.2. The fraction of sp³-hybridized carbons (Fsp3) is 0.200. The Morgan fingerprint density at radius 3 is 2.84 bits per heavy atom. The number of amides is 1. The first-order chi connectivity index (χ1) is 11.9. The molecule has 0 aliphatic rings. The van der Waals surface area contributed by atoms with E-state index in [-0.39, 0.29) is 22.0 Å². The highest BCUT2D eigenvalue weighted by molar-refractivity contribution is 8.00. The third kappa shape index (κ3) is 4.15. The Morgan fingerprint density at radius 1 is 1.36 bits per heavy atom. The molecule has 0 radical (unpaired) electrons. The summed E-state index contributed by atoms with van der Waals surface area (Å²) >= 11 is 12.9. The van der Waals surface area contributed by atoms with Gasteiger partial charge in [-0.3, -0.25) is 4.79 Å². The van der Waals surface area contributed by atoms with E-state index in [4.69, 9.17) is 32.0 Å². The second kappa shape index (κ2) is 7.47. The van der Waals surface area contributed by atoms with Gasteiger partial charge in [-0.1, -0.05) is 35.0 Å². The summed E-state index contributed by atoms with van der Waals surface area (Å²) in [5.74, 6) is 0.947. The summed E-state index contributed by atoms with van der Waals surface area (Å²) < 4.78 is 10.8. The van der Waals surface area contributed by atoms with Crippen molar-refractivity contribution in [1.29, 1.82) is 0 Å². The van der Waals surface area contributed by atoms with E-state index in [1.165, 1.54) is 12.3 Å². The van der Waals surface area contributed by atoms with E-state index in [2.05, 4.69) is 20.5 Å². The highest BCUT2D eigenvalue weighted by atomic mass is 35.5. The molecule has 0 bridgehead atoms. The van der Waals surface area contributed by atoms with Crippen LogP contribution in [0.2, 0.25) is 10.0 Å². The highest BCUT2D eigenvalue weighted by Crippen LogP contribution is 2.29. The van der Waals surface area contributed by atoms with Crippen molar-refractivity contribution in [2.75, 3.05) is 5.32 Å². The predicted octanol–water partition coefficient (Wildman–Crippen LogP) is 4.46. The van der Waals surface area contributed by atoms with E-state index in [9.17, 15) is 4.79 Å². The van der Waals surface area contributed by atoms with Crippen molar-refractivity contribution >= 4 is 46.7 Å². The number of aryl methyl sites for hydroxylation is 1. The molecule has 130 valence electrons. The summed E-state index contributed by atoms with van der Waals surface area (Å²) in [7, 11) is 0. The van der Waals surface area contributed by atoms with Crippen LogP contribution in [0.25, 0.3) is 11.5 Å². The van der Waals surface area contributed by atoms with Crippen molar-refractivity contribution < 1.29 is 13.6 Å². The summed E-state index contributed by atoms with van der Waals surface area (Å²) in [5.41, 5.74) is 0.716. The molecule has 0 aliphatic heterocycles. The number of anilines is 1. The van der Waals surface area contributed by atoms with Gasteiger partial charge in [-0.25, -0.2) is 4.98 Å². The fourth-order valence-corrected chi connectivity index (χ4v) is 3.01. The number of carbonyl (C=O) groups excluding carboxylic acids is 1. The van der Waals surface area contributed by atoms with Crippen molar-refractivity contribution in [3.63, 3.8) is 0 Å². The van der Waals surface area contributed by atoms with Crippen molar-refractivity contribution in [3.05, 3.63) is 40.4 Å². The second-order valence-electron chi connectivity index (χ2n) is 5.00. The molecule has 3 aromatic rings. The van der Waals surface area contributed by atoms with Gasteiger partial charge in [-0.05, 0) is 26.0 Å². The van der Waals surface area contributed by atoms with E-state index in [1.54, 1.807) is 26.2 Å². The van der Waals surface area contributed by atoms with Crippen LogP contribution in [-0.2, 0) is 4.79 Å². The van der Waals surface area contributed by atoms with Gasteiger partial charge in [0.05, 0.1) is 27.1 Å². The minimum atomic E-state index is -0.507. The molecule has 0 aliphatic carbocycles. The van der Waals surface area contributed by atoms with Crippen LogP contribution in [0.15, 0.2) is 38.6 Å². The number of carbonyl (C=O) groups is 1. The predicted molar refractivity (Wildman–Crippen MR) is 94.9 cm³/mol. The van der Waals surface area contributed by atoms with Gasteiger partial charge in [0.25, 0.3) is 11.1 Å². The van der Waals surface area contributed by atoms with Gasteiger partial charge in [0.2, 0.25) is 5.91 Å². The first kappa shape index (κ1) is 17.8. The molecule has 0 saturated carbocycles. The Balaban J connectivity index is 1.66. The van der Waals surface area contributed by atoms with E-state index < -0.39 is 5.25 Å². The maximum Gasteiger partial charge on any atom is 0.277 e. The highest BCUT2D eigenvalue weighted by Gasteiger charge is 2.21. The lowest BCUT2D eigenvalue weighted by Crippen LogP contribution is -2.23. The summed E-state index contributed by atoms with van der Waals surface area (Å²) in [6, 6.07) is 3.24. The standard InChI is InChI=1S/C15H12Cl2N4O3S/c1-7-10(3-4-23-7)14-20-21-15(24-14)25-8(2)13(22)19-12-11(17)5-9(16)6-18-12/h3-6,8H,1-2H3,(H,18,19,22). The van der Waals surface area contributed by atoms with Gasteiger partial charge in [0, 0.05) is 6.20 Å². The molecular formula is C15H12Cl2N4O3S. The molecule has 1 atom stereocenters. The molecule has 1 unspecified atom stereocenters. The smallest absolute Gasteiger partial charge is 0.277 e. The Labute approximate surface area is 157 Å². The third-order valence-corrected chi connectivity index (χ3v) is 4.62. The zero-order valence-electron chi connectivity index (χ0n) is 13.1. The minimum Gasteiger partial charge on any atom is -0.469 e. The molecule has 3 aromatic heterocycles. The van der Waals surface area contributed by atoms with Crippen LogP contribution >= 0.6 is 35.0 Å². The van der Waals surface area contributed by atoms with E-state index in [0.717, 1.165) is 11.8 Å². The van der Waals surface area contributed by atoms with Crippen LogP contribution in [0, 0.1) is 6.92 Å². The average molecular weight is 399 g/mol. The van der Waals surface area contributed by atoms with Crippen molar-refractivity contribution in [2.24, 2.45) is 0 Å². The maximum atomic E-state index is 12.3. The summed E-state index contributed by atoms with van der Waals surface area (Å²) in [4.78, 5) is 16.3. The number of pyridine rings is 1. The molecule has 1 N–H and O–H groups in total. The van der Waals surface area contributed by atoms with E-state index in [1.807, 2.05) is 0 Å². The molecule has 0 fully saturated rings. The molecule has 0 saturated heterocycles. The zero-order chi connectivity index (χ0) is 18.0. The number of halogens is 2. The molecule has 10 heteroatoms. The molecule has 3 heterocycles. The third-order valence-electron chi connectivity index (χ3n) is 3.19. The number of hydrogen-bond acceptors (Lipinski definition) is 7. The molecular weight excluding hydrogens is 387 g/mol. The van der Waals surface area contributed by atoms with Crippen LogP contribution < -0.4 is 5.32 Å². The van der Waals surface area contributed by atoms with Crippen LogP contribution in [0.1, 0.15) is 12.7 Å². The Bertz CT molecular complexity index is 912. The SMILES string of the molecule is Cc1occc1-c1nnc(SC(C)C(=O)Nc2ncc(Cl)cc2Cl)o1. The molecule has 7 nitrogen and oxygen atoms in total. The summed E-state index contributed by atoms with van der Waals surface area (Å²) in [6.07, 6.45) is 2.94. The van der Waals surface area contributed by atoms with Crippen LogP contribution in [0.3, 0.4) is 0 Å². The van der Waals surface area contributed by atoms with Gasteiger partial charge in [-0.2, -0.15) is 0 Å². The fourth-order valence-electron chi connectivity index (χ4n) is 1.90. The first-order valence-electron chi connectivity index (χ1n) is 7.10. The van der Waals surface area contributed by atoms with Gasteiger partial charge < -0.3 is 14.2 Å². The van der Waals surface area contributed by atoms with Gasteiger partial charge in [-0.15, -0.1) is 10.2 Å². The van der Waals surface area contributed by atoms with E-state index >= 15 is 0 Å². The number of nitrogens with one attached hydrogen (secondary N) is 1. The van der Waals surface area contributed by atoms with Crippen LogP contribution in [0.5, 0.6) is 0 Å². The van der Waals surface area contributed by atoms with Crippen LogP contribution in [0.4, 0.5) is 5.82 Å². The topological polar surface area (TPSA) is 94.0 Å². The second-order valence-corrected chi connectivity index (χ2v) is 7.13. The summed E-state index contributed by atoms with van der Waals surface area (Å²) in [6.45, 7) is 3.50. The monoisotopic (exact) mass is 398 g/mol. The zero-order valence-corrected chi connectivity index (χ0v) is 15.4. The Hall–Kier alpha value is -2.03. The van der Waals surface area contributed by atoms with Gasteiger partial charge in [0.1, 0.15) is 5.76 Å². The maximum absolute atomic E-state index is 12.3. The van der Waals surface area contributed by atoms with Crippen molar-refractivity contribution in [2.45, 2.75) is 24.3 Å². The number of hydrogen-bond donors (Lipinski definition) is 1. The lowest BCUT2D eigenvalue weighted by atomic mass is 10.3. The number of nitrogens with zero attached hydrogens (tertiary/aromatic N) is 3. The number of thioether (sulfide) groups is 1. The van der Waals surface area contributed by atoms with Crippen molar-refractivity contribution in [1.82, 2.24) is 15.2 Å². The van der Waals surface area contributed by atoms with Crippen LogP contribution in [-0.4, -0.2) is 26.3 Å². The molecule has 0 aromatic carbocycles. The Kier molecular flexibility index (Phi) is 5.31. The molecule has 25 heavy (non-hydrogen) atoms. The number of aromatic nitrogens is 3. The molecule has 3 rings (SSSR count). The Morgan fingerprint density at radius 2 is 2.16 bits per heavy atom. The lowest BCUT2D eigenvalue weighted by molar-refractivity contribution is -0.115. The number of furan rings is 1. The average Bonchev–Trinajstić information content (AvgIpc) is 3.18. The number of rotatable bonds is 5. The van der Waals surface area contributed by atoms with Gasteiger partial charge >= 0.3 is 0 Å².